The number of aryl methyl sites for hydroxylation is 1. The summed E-state index contributed by atoms with van der Waals surface area (Å²) >= 11 is 5.90. The molecule has 0 radical (unpaired) electrons. The second-order valence-electron chi connectivity index (χ2n) is 9.12. The van der Waals surface area contributed by atoms with E-state index >= 15 is 0 Å². The summed E-state index contributed by atoms with van der Waals surface area (Å²) in [5.41, 5.74) is 6.52. The minimum Gasteiger partial charge on any atom is -0.317 e. The maximum atomic E-state index is 13.1. The van der Waals surface area contributed by atoms with E-state index in [9.17, 15) is 13.2 Å². The number of nitrogens with zero attached hydrogens (tertiary/aromatic N) is 3. The SMILES string of the molecule is Cc1cc(/C=N\NC(=O)[C@H]2CCCN2S(=O)(=O)c2ccc(Cl)cc2)c(C)n1-c1cccc2ccccc12. The van der Waals surface area contributed by atoms with Crippen LogP contribution in [0.1, 0.15) is 29.8 Å². The predicted molar refractivity (Wildman–Crippen MR) is 147 cm³/mol. The van der Waals surface area contributed by atoms with Gasteiger partial charge in [0, 0.05) is 33.9 Å². The molecule has 1 atom stereocenters. The van der Waals surface area contributed by atoms with Crippen molar-refractivity contribution in [3.8, 4) is 5.69 Å². The van der Waals surface area contributed by atoms with Crippen molar-refractivity contribution in [1.29, 1.82) is 0 Å². The van der Waals surface area contributed by atoms with Gasteiger partial charge in [-0.2, -0.15) is 9.41 Å². The van der Waals surface area contributed by atoms with Crippen LogP contribution in [0.25, 0.3) is 16.5 Å². The molecule has 1 N–H and O–H groups in total. The molecule has 1 aromatic heterocycles. The van der Waals surface area contributed by atoms with Crippen molar-refractivity contribution in [3.05, 3.63) is 94.8 Å². The smallest absolute Gasteiger partial charge is 0.258 e. The Hall–Kier alpha value is -3.46. The third-order valence-corrected chi connectivity index (χ3v) is 8.96. The minimum atomic E-state index is -3.83. The lowest BCUT2D eigenvalue weighted by Gasteiger charge is -2.22. The van der Waals surface area contributed by atoms with E-state index in [2.05, 4.69) is 39.4 Å². The molecule has 3 aromatic carbocycles. The fraction of sp³-hybridized carbons (Fsp3) is 0.214. The molecule has 0 unspecified atom stereocenters. The van der Waals surface area contributed by atoms with E-state index in [0.29, 0.717) is 17.9 Å². The second-order valence-corrected chi connectivity index (χ2v) is 11.4. The lowest BCUT2D eigenvalue weighted by molar-refractivity contribution is -0.124. The molecule has 1 aliphatic rings. The van der Waals surface area contributed by atoms with Crippen LogP contribution >= 0.6 is 11.6 Å². The van der Waals surface area contributed by atoms with Gasteiger partial charge in [-0.15, -0.1) is 0 Å². The van der Waals surface area contributed by atoms with E-state index in [4.69, 9.17) is 11.6 Å². The zero-order valence-electron chi connectivity index (χ0n) is 20.6. The van der Waals surface area contributed by atoms with Gasteiger partial charge in [0.05, 0.1) is 16.8 Å². The van der Waals surface area contributed by atoms with Crippen LogP contribution in [-0.2, 0) is 14.8 Å². The van der Waals surface area contributed by atoms with Crippen molar-refractivity contribution < 1.29 is 13.2 Å². The van der Waals surface area contributed by atoms with Gasteiger partial charge in [0.25, 0.3) is 5.91 Å². The Morgan fingerprint density at radius 2 is 1.78 bits per heavy atom. The van der Waals surface area contributed by atoms with Crippen molar-refractivity contribution >= 4 is 44.5 Å². The van der Waals surface area contributed by atoms with E-state index in [1.54, 1.807) is 6.21 Å². The number of amides is 1. The average Bonchev–Trinajstić information content (AvgIpc) is 3.49. The molecule has 1 aliphatic heterocycles. The number of hydrogen-bond donors (Lipinski definition) is 1. The maximum absolute atomic E-state index is 13.1. The Morgan fingerprint density at radius 3 is 2.57 bits per heavy atom. The van der Waals surface area contributed by atoms with Gasteiger partial charge in [0.1, 0.15) is 6.04 Å². The summed E-state index contributed by atoms with van der Waals surface area (Å²) in [6.45, 7) is 4.32. The van der Waals surface area contributed by atoms with E-state index < -0.39 is 22.0 Å². The van der Waals surface area contributed by atoms with Crippen LogP contribution < -0.4 is 5.43 Å². The quantitative estimate of drug-likeness (QED) is 0.272. The monoisotopic (exact) mass is 534 g/mol. The third kappa shape index (κ3) is 4.80. The Morgan fingerprint density at radius 1 is 1.05 bits per heavy atom. The number of fused-ring (bicyclic) bond motifs is 1. The summed E-state index contributed by atoms with van der Waals surface area (Å²) in [6.07, 6.45) is 2.64. The molecule has 190 valence electrons. The number of halogens is 1. The number of sulfonamides is 1. The summed E-state index contributed by atoms with van der Waals surface area (Å²) in [7, 11) is -3.83. The molecule has 2 heterocycles. The van der Waals surface area contributed by atoms with Gasteiger partial charge >= 0.3 is 0 Å². The van der Waals surface area contributed by atoms with Gasteiger partial charge in [-0.05, 0) is 68.5 Å². The number of hydrogen-bond acceptors (Lipinski definition) is 4. The largest absolute Gasteiger partial charge is 0.317 e. The fourth-order valence-corrected chi connectivity index (χ4v) is 6.75. The molecule has 7 nitrogen and oxygen atoms in total. The van der Waals surface area contributed by atoms with Crippen LogP contribution in [-0.4, -0.2) is 42.0 Å². The van der Waals surface area contributed by atoms with Crippen molar-refractivity contribution in [3.63, 3.8) is 0 Å². The molecule has 5 rings (SSSR count). The number of rotatable bonds is 6. The van der Waals surface area contributed by atoms with Gasteiger partial charge in [-0.1, -0.05) is 48.0 Å². The van der Waals surface area contributed by atoms with E-state index in [-0.39, 0.29) is 11.4 Å². The number of carbonyl (C=O) groups excluding carboxylic acids is 1. The molecular weight excluding hydrogens is 508 g/mol. The first-order chi connectivity index (χ1) is 17.8. The topological polar surface area (TPSA) is 83.8 Å². The highest BCUT2D eigenvalue weighted by Crippen LogP contribution is 2.28. The normalized spacial score (nSPS) is 16.6. The van der Waals surface area contributed by atoms with Crippen molar-refractivity contribution in [2.75, 3.05) is 6.54 Å². The molecule has 1 saturated heterocycles. The molecule has 4 aromatic rings. The van der Waals surface area contributed by atoms with Gasteiger partial charge in [-0.3, -0.25) is 4.79 Å². The first-order valence-electron chi connectivity index (χ1n) is 12.0. The first kappa shape index (κ1) is 25.2. The lowest BCUT2D eigenvalue weighted by Crippen LogP contribution is -2.44. The Kier molecular flexibility index (Phi) is 6.90. The summed E-state index contributed by atoms with van der Waals surface area (Å²) in [4.78, 5) is 13.1. The summed E-state index contributed by atoms with van der Waals surface area (Å²) < 4.78 is 29.7. The molecule has 9 heteroatoms. The minimum absolute atomic E-state index is 0.112. The standard InChI is InChI=1S/C28H27ClN4O3S/c1-19-17-22(20(2)33(19)26-10-5-8-21-7-3-4-9-25(21)26)18-30-31-28(34)27-11-6-16-32(27)37(35,36)24-14-12-23(29)13-15-24/h3-5,7-10,12-15,17-18,27H,6,11,16H2,1-2H3,(H,31,34)/b30-18-/t27-/m1/s1. The van der Waals surface area contributed by atoms with E-state index in [1.807, 2.05) is 38.1 Å². The van der Waals surface area contributed by atoms with E-state index in [1.165, 1.54) is 28.6 Å². The van der Waals surface area contributed by atoms with Crippen molar-refractivity contribution in [1.82, 2.24) is 14.3 Å². The Bertz CT molecular complexity index is 1610. The third-order valence-electron chi connectivity index (χ3n) is 6.78. The number of hydrazone groups is 1. The van der Waals surface area contributed by atoms with Crippen molar-refractivity contribution in [2.24, 2.45) is 5.10 Å². The summed E-state index contributed by atoms with van der Waals surface area (Å²) in [5.74, 6) is -0.450. The van der Waals surface area contributed by atoms with Crippen LogP contribution in [0.3, 0.4) is 0 Å². The Balaban J connectivity index is 1.34. The molecule has 0 aliphatic carbocycles. The number of benzene rings is 3. The zero-order chi connectivity index (χ0) is 26.2. The molecule has 37 heavy (non-hydrogen) atoms. The van der Waals surface area contributed by atoms with Crippen LogP contribution in [0, 0.1) is 13.8 Å². The van der Waals surface area contributed by atoms with Gasteiger partial charge in [0.2, 0.25) is 10.0 Å². The predicted octanol–water partition coefficient (Wildman–Crippen LogP) is 5.20. The molecular formula is C28H27ClN4O3S. The Labute approximate surface area is 221 Å². The molecule has 1 fully saturated rings. The molecule has 0 saturated carbocycles. The van der Waals surface area contributed by atoms with Gasteiger partial charge < -0.3 is 4.57 Å². The second kappa shape index (κ2) is 10.1. The molecule has 0 bridgehead atoms. The maximum Gasteiger partial charge on any atom is 0.258 e. The highest BCUT2D eigenvalue weighted by atomic mass is 35.5. The zero-order valence-corrected chi connectivity index (χ0v) is 22.1. The number of nitrogens with one attached hydrogen (secondary N) is 1. The molecule has 0 spiro atoms. The highest BCUT2D eigenvalue weighted by Gasteiger charge is 2.39. The van der Waals surface area contributed by atoms with Gasteiger partial charge in [0.15, 0.2) is 0 Å². The highest BCUT2D eigenvalue weighted by molar-refractivity contribution is 7.89. The van der Waals surface area contributed by atoms with Crippen LogP contribution in [0.5, 0.6) is 0 Å². The number of carbonyl (C=O) groups is 1. The first-order valence-corrected chi connectivity index (χ1v) is 13.9. The van der Waals surface area contributed by atoms with Crippen molar-refractivity contribution in [2.45, 2.75) is 37.6 Å². The number of aromatic nitrogens is 1. The van der Waals surface area contributed by atoms with Crippen LogP contribution in [0.15, 0.2) is 82.8 Å². The summed E-state index contributed by atoms with van der Waals surface area (Å²) in [6, 6.07) is 21.6. The molecule has 1 amide bonds. The average molecular weight is 535 g/mol. The van der Waals surface area contributed by atoms with E-state index in [0.717, 1.165) is 33.4 Å². The lowest BCUT2D eigenvalue weighted by atomic mass is 10.1. The van der Waals surface area contributed by atoms with Crippen LogP contribution in [0.4, 0.5) is 0 Å². The fourth-order valence-electron chi connectivity index (χ4n) is 4.96. The summed E-state index contributed by atoms with van der Waals surface area (Å²) in [5, 5.41) is 6.93. The van der Waals surface area contributed by atoms with Crippen LogP contribution in [0.2, 0.25) is 5.02 Å². The van der Waals surface area contributed by atoms with Gasteiger partial charge in [-0.25, -0.2) is 13.8 Å².